The van der Waals surface area contributed by atoms with Crippen molar-refractivity contribution >= 4 is 11.9 Å². The van der Waals surface area contributed by atoms with Crippen molar-refractivity contribution in [2.24, 2.45) is 0 Å². The fourth-order valence-electron chi connectivity index (χ4n) is 4.28. The number of benzene rings is 2. The monoisotopic (exact) mass is 520 g/mol. The van der Waals surface area contributed by atoms with Crippen LogP contribution in [0.2, 0.25) is 0 Å². The minimum atomic E-state index is -0.799. The summed E-state index contributed by atoms with van der Waals surface area (Å²) in [6.07, 6.45) is 5.68. The molecule has 0 unspecified atom stereocenters. The summed E-state index contributed by atoms with van der Waals surface area (Å²) < 4.78 is 12.1. The first-order valence-corrected chi connectivity index (χ1v) is 13.6. The molecule has 0 radical (unpaired) electrons. The predicted molar refractivity (Wildman–Crippen MR) is 149 cm³/mol. The molecule has 38 heavy (non-hydrogen) atoms. The van der Waals surface area contributed by atoms with E-state index in [2.05, 4.69) is 26.1 Å². The quantitative estimate of drug-likeness (QED) is 0.216. The van der Waals surface area contributed by atoms with Crippen molar-refractivity contribution in [3.05, 3.63) is 70.6 Å². The smallest absolute Gasteiger partial charge is 0.303 e. The van der Waals surface area contributed by atoms with Crippen LogP contribution in [0.4, 0.5) is 0 Å². The highest BCUT2D eigenvalue weighted by Crippen LogP contribution is 2.28. The Balaban J connectivity index is 1.60. The molecule has 7 heteroatoms. The fraction of sp³-hybridized carbons (Fsp3) is 0.452. The van der Waals surface area contributed by atoms with Gasteiger partial charge < -0.3 is 19.6 Å². The lowest BCUT2D eigenvalue weighted by atomic mass is 10.0. The largest absolute Gasteiger partial charge is 0.493 e. The summed E-state index contributed by atoms with van der Waals surface area (Å²) in [7, 11) is 0. The van der Waals surface area contributed by atoms with Gasteiger partial charge in [-0.2, -0.15) is 0 Å². The summed E-state index contributed by atoms with van der Waals surface area (Å²) in [4.78, 5) is 28.0. The molecule has 0 aliphatic rings. The van der Waals surface area contributed by atoms with Gasteiger partial charge in [0.1, 0.15) is 11.5 Å². The molecule has 1 amide bonds. The van der Waals surface area contributed by atoms with Crippen LogP contribution in [-0.2, 0) is 17.6 Å². The molecule has 0 aliphatic heterocycles. The number of hydrogen-bond donors (Lipinski definition) is 2. The number of ether oxygens (including phenoxy) is 1. The van der Waals surface area contributed by atoms with Gasteiger partial charge in [-0.3, -0.25) is 9.59 Å². The topological polar surface area (TPSA) is 102 Å². The van der Waals surface area contributed by atoms with E-state index in [-0.39, 0.29) is 18.2 Å². The van der Waals surface area contributed by atoms with Crippen LogP contribution in [0.25, 0.3) is 11.5 Å². The van der Waals surface area contributed by atoms with E-state index >= 15 is 0 Å². The molecule has 0 spiro atoms. The first-order chi connectivity index (χ1) is 18.3. The molecule has 0 saturated heterocycles. The molecular weight excluding hydrogens is 480 g/mol. The maximum Gasteiger partial charge on any atom is 0.303 e. The van der Waals surface area contributed by atoms with Crippen molar-refractivity contribution in [2.45, 2.75) is 78.6 Å². The lowest BCUT2D eigenvalue weighted by molar-refractivity contribution is -0.136. The Kier molecular flexibility index (Phi) is 10.9. The number of rotatable bonds is 15. The Morgan fingerprint density at radius 3 is 2.47 bits per heavy atom. The molecule has 0 aliphatic carbocycles. The number of carboxylic acid groups (broad SMARTS) is 1. The standard InChI is InChI=1S/C31H40N2O5/c1-5-6-7-8-18-32-30(36)24-9-11-25(12-10-24)31-33-29(21(2)3)27(38-31)17-19-37-26-15-13-23(22(4)20-26)14-16-28(34)35/h9-13,15,20-21H,5-8,14,16-19H2,1-4H3,(H,32,36)(H,34,35). The SMILES string of the molecule is CCCCCCNC(=O)c1ccc(-c2nc(C(C)C)c(CCOc3ccc(CCC(=O)O)c(C)c3)o2)cc1. The van der Waals surface area contributed by atoms with Crippen LogP contribution < -0.4 is 10.1 Å². The first-order valence-electron chi connectivity index (χ1n) is 13.6. The normalized spacial score (nSPS) is 11.1. The third-order valence-electron chi connectivity index (χ3n) is 6.50. The zero-order chi connectivity index (χ0) is 27.5. The summed E-state index contributed by atoms with van der Waals surface area (Å²) in [6, 6.07) is 13.1. The van der Waals surface area contributed by atoms with Crippen molar-refractivity contribution < 1.29 is 23.8 Å². The van der Waals surface area contributed by atoms with Gasteiger partial charge in [-0.05, 0) is 73.2 Å². The molecule has 2 aromatic carbocycles. The predicted octanol–water partition coefficient (Wildman–Crippen LogP) is 6.72. The summed E-state index contributed by atoms with van der Waals surface area (Å²) in [6.45, 7) is 9.42. The molecule has 1 aromatic heterocycles. The number of aryl methyl sites for hydroxylation is 2. The number of unbranched alkanes of at least 4 members (excludes halogenated alkanes) is 3. The highest BCUT2D eigenvalue weighted by atomic mass is 16.5. The molecule has 2 N–H and O–H groups in total. The Bertz CT molecular complexity index is 1200. The van der Waals surface area contributed by atoms with Gasteiger partial charge in [0.05, 0.1) is 12.3 Å². The average molecular weight is 521 g/mol. The number of amides is 1. The summed E-state index contributed by atoms with van der Waals surface area (Å²) >= 11 is 0. The third kappa shape index (κ3) is 8.47. The minimum Gasteiger partial charge on any atom is -0.493 e. The number of hydrogen-bond acceptors (Lipinski definition) is 5. The Morgan fingerprint density at radius 1 is 1.05 bits per heavy atom. The number of carboxylic acids is 1. The Hall–Kier alpha value is -3.61. The molecule has 204 valence electrons. The molecule has 0 atom stereocenters. The second-order valence-electron chi connectivity index (χ2n) is 9.96. The van der Waals surface area contributed by atoms with Gasteiger partial charge in [0.25, 0.3) is 5.91 Å². The van der Waals surface area contributed by atoms with Gasteiger partial charge in [0.15, 0.2) is 0 Å². The second kappa shape index (κ2) is 14.4. The summed E-state index contributed by atoms with van der Waals surface area (Å²) in [5.74, 6) is 1.40. The van der Waals surface area contributed by atoms with Gasteiger partial charge >= 0.3 is 5.97 Å². The summed E-state index contributed by atoms with van der Waals surface area (Å²) in [5, 5.41) is 11.9. The third-order valence-corrected chi connectivity index (χ3v) is 6.50. The summed E-state index contributed by atoms with van der Waals surface area (Å²) in [5.41, 5.74) is 4.38. The molecule has 0 fully saturated rings. The molecule has 0 saturated carbocycles. The number of nitrogens with one attached hydrogen (secondary N) is 1. The second-order valence-corrected chi connectivity index (χ2v) is 9.96. The van der Waals surface area contributed by atoms with Crippen molar-refractivity contribution in [3.8, 4) is 17.2 Å². The van der Waals surface area contributed by atoms with Crippen LogP contribution in [0.3, 0.4) is 0 Å². The maximum atomic E-state index is 12.4. The lowest BCUT2D eigenvalue weighted by Gasteiger charge is -2.10. The van der Waals surface area contributed by atoms with Gasteiger partial charge in [0.2, 0.25) is 5.89 Å². The number of carbonyl (C=O) groups excluding carboxylic acids is 1. The zero-order valence-electron chi connectivity index (χ0n) is 23.0. The number of aromatic nitrogens is 1. The molecule has 3 aromatic rings. The molecule has 0 bridgehead atoms. The van der Waals surface area contributed by atoms with E-state index in [0.717, 1.165) is 46.7 Å². The Labute approximate surface area is 225 Å². The number of oxazole rings is 1. The number of carbonyl (C=O) groups is 2. The van der Waals surface area contributed by atoms with E-state index in [0.29, 0.717) is 37.4 Å². The van der Waals surface area contributed by atoms with Crippen LogP contribution in [0.15, 0.2) is 46.9 Å². The molecule has 1 heterocycles. The van der Waals surface area contributed by atoms with Crippen LogP contribution in [-0.4, -0.2) is 35.1 Å². The van der Waals surface area contributed by atoms with Crippen LogP contribution >= 0.6 is 0 Å². The molecular formula is C31H40N2O5. The van der Waals surface area contributed by atoms with E-state index in [1.54, 1.807) is 12.1 Å². The van der Waals surface area contributed by atoms with Gasteiger partial charge in [0, 0.05) is 30.5 Å². The van der Waals surface area contributed by atoms with E-state index in [4.69, 9.17) is 19.2 Å². The van der Waals surface area contributed by atoms with Crippen LogP contribution in [0.5, 0.6) is 5.75 Å². The molecule has 3 rings (SSSR count). The maximum absolute atomic E-state index is 12.4. The molecule has 7 nitrogen and oxygen atoms in total. The van der Waals surface area contributed by atoms with Crippen molar-refractivity contribution in [1.82, 2.24) is 10.3 Å². The van der Waals surface area contributed by atoms with E-state index in [1.165, 1.54) is 12.8 Å². The number of nitrogens with zero attached hydrogens (tertiary/aromatic N) is 1. The van der Waals surface area contributed by atoms with E-state index < -0.39 is 5.97 Å². The first kappa shape index (κ1) is 29.0. The van der Waals surface area contributed by atoms with Gasteiger partial charge in [-0.25, -0.2) is 4.98 Å². The van der Waals surface area contributed by atoms with Gasteiger partial charge in [-0.15, -0.1) is 0 Å². The van der Waals surface area contributed by atoms with E-state index in [1.807, 2.05) is 37.3 Å². The van der Waals surface area contributed by atoms with Crippen LogP contribution in [0.1, 0.15) is 91.7 Å². The van der Waals surface area contributed by atoms with Crippen molar-refractivity contribution in [3.63, 3.8) is 0 Å². The lowest BCUT2D eigenvalue weighted by Crippen LogP contribution is -2.24. The van der Waals surface area contributed by atoms with Crippen molar-refractivity contribution in [1.29, 1.82) is 0 Å². The van der Waals surface area contributed by atoms with Gasteiger partial charge in [-0.1, -0.05) is 46.1 Å². The number of aliphatic carboxylic acids is 1. The zero-order valence-corrected chi connectivity index (χ0v) is 23.0. The van der Waals surface area contributed by atoms with E-state index in [9.17, 15) is 9.59 Å². The average Bonchev–Trinajstić information content (AvgIpc) is 3.32. The van der Waals surface area contributed by atoms with Crippen LogP contribution in [0, 0.1) is 6.92 Å². The minimum absolute atomic E-state index is 0.0636. The van der Waals surface area contributed by atoms with Crippen molar-refractivity contribution in [2.75, 3.05) is 13.2 Å². The fourth-order valence-corrected chi connectivity index (χ4v) is 4.28. The Morgan fingerprint density at radius 2 is 1.82 bits per heavy atom. The highest BCUT2D eigenvalue weighted by Gasteiger charge is 2.18. The highest BCUT2D eigenvalue weighted by molar-refractivity contribution is 5.94.